The second-order valence-corrected chi connectivity index (χ2v) is 5.35. The van der Waals surface area contributed by atoms with E-state index >= 15 is 0 Å². The minimum atomic E-state index is -3.49. The molecule has 0 bridgehead atoms. The zero-order valence-corrected chi connectivity index (χ0v) is 8.81. The van der Waals surface area contributed by atoms with Gasteiger partial charge in [-0.05, 0) is 17.6 Å². The minimum Gasteiger partial charge on any atom is -0.228 e. The molecule has 0 aliphatic carbocycles. The number of primary sulfonamides is 1. The van der Waals surface area contributed by atoms with Crippen molar-refractivity contribution in [3.05, 3.63) is 30.0 Å². The van der Waals surface area contributed by atoms with E-state index in [1.165, 1.54) is 11.5 Å². The molecule has 6 heteroatoms. The summed E-state index contributed by atoms with van der Waals surface area (Å²) in [6.45, 7) is 0. The molecule has 0 unspecified atom stereocenters. The summed E-state index contributed by atoms with van der Waals surface area (Å²) in [4.78, 5) is 0. The Morgan fingerprint density at radius 2 is 2.07 bits per heavy atom. The topological polar surface area (TPSA) is 73.1 Å². The molecule has 0 aliphatic heterocycles. The third-order valence-corrected chi connectivity index (χ3v) is 3.33. The van der Waals surface area contributed by atoms with Crippen molar-refractivity contribution in [2.45, 2.75) is 5.75 Å². The highest BCUT2D eigenvalue weighted by molar-refractivity contribution is 7.88. The van der Waals surface area contributed by atoms with Crippen molar-refractivity contribution >= 4 is 31.6 Å². The molecule has 1 heterocycles. The fourth-order valence-electron chi connectivity index (χ4n) is 1.23. The van der Waals surface area contributed by atoms with E-state index in [1.54, 1.807) is 0 Å². The van der Waals surface area contributed by atoms with Gasteiger partial charge in [0.15, 0.2) is 0 Å². The molecule has 0 saturated carbocycles. The fraction of sp³-hybridized carbons (Fsp3) is 0.125. The first-order valence-electron chi connectivity index (χ1n) is 3.90. The van der Waals surface area contributed by atoms with Gasteiger partial charge >= 0.3 is 0 Å². The summed E-state index contributed by atoms with van der Waals surface area (Å²) in [6, 6.07) is 7.49. The number of nitrogens with two attached hydrogens (primary N) is 1. The molecule has 1 aromatic heterocycles. The van der Waals surface area contributed by atoms with E-state index < -0.39 is 10.0 Å². The average molecular weight is 228 g/mol. The lowest BCUT2D eigenvalue weighted by atomic mass is 10.2. The van der Waals surface area contributed by atoms with E-state index in [2.05, 4.69) is 4.37 Å². The Morgan fingerprint density at radius 1 is 1.36 bits per heavy atom. The largest absolute Gasteiger partial charge is 0.228 e. The van der Waals surface area contributed by atoms with E-state index in [9.17, 15) is 8.42 Å². The lowest BCUT2D eigenvalue weighted by Gasteiger charge is -1.94. The summed E-state index contributed by atoms with van der Waals surface area (Å²) in [5.74, 6) is -0.197. The monoisotopic (exact) mass is 228 g/mol. The zero-order chi connectivity index (χ0) is 10.2. The average Bonchev–Trinajstić information content (AvgIpc) is 2.47. The highest BCUT2D eigenvalue weighted by Crippen LogP contribution is 2.22. The summed E-state index contributed by atoms with van der Waals surface area (Å²) in [7, 11) is -3.49. The van der Waals surface area contributed by atoms with Gasteiger partial charge < -0.3 is 0 Å². The Labute approximate surface area is 85.6 Å². The van der Waals surface area contributed by atoms with Crippen LogP contribution in [-0.2, 0) is 15.8 Å². The van der Waals surface area contributed by atoms with Crippen molar-refractivity contribution in [2.24, 2.45) is 5.14 Å². The molecule has 0 spiro atoms. The van der Waals surface area contributed by atoms with Crippen LogP contribution in [0, 0.1) is 0 Å². The molecular weight excluding hydrogens is 220 g/mol. The highest BCUT2D eigenvalue weighted by Gasteiger charge is 2.11. The first kappa shape index (κ1) is 9.57. The maximum Gasteiger partial charge on any atom is 0.214 e. The molecule has 74 valence electrons. The molecule has 2 rings (SSSR count). The molecule has 0 aliphatic rings. The quantitative estimate of drug-likeness (QED) is 0.836. The van der Waals surface area contributed by atoms with Crippen molar-refractivity contribution in [3.8, 4) is 0 Å². The van der Waals surface area contributed by atoms with Crippen LogP contribution in [0.5, 0.6) is 0 Å². The molecule has 0 fully saturated rings. The Hall–Kier alpha value is -0.980. The van der Waals surface area contributed by atoms with Gasteiger partial charge in [-0.2, -0.15) is 4.37 Å². The van der Waals surface area contributed by atoms with Crippen molar-refractivity contribution in [3.63, 3.8) is 0 Å². The van der Waals surface area contributed by atoms with Crippen LogP contribution in [0.2, 0.25) is 0 Å². The second-order valence-electron chi connectivity index (χ2n) is 2.93. The molecule has 4 nitrogen and oxygen atoms in total. The summed E-state index contributed by atoms with van der Waals surface area (Å²) < 4.78 is 26.8. The number of benzene rings is 1. The first-order valence-corrected chi connectivity index (χ1v) is 6.39. The maximum absolute atomic E-state index is 10.9. The van der Waals surface area contributed by atoms with Gasteiger partial charge in [0, 0.05) is 5.39 Å². The van der Waals surface area contributed by atoms with Crippen LogP contribution in [0.25, 0.3) is 10.1 Å². The van der Waals surface area contributed by atoms with E-state index in [4.69, 9.17) is 5.14 Å². The zero-order valence-electron chi connectivity index (χ0n) is 7.17. The molecule has 2 aromatic rings. The summed E-state index contributed by atoms with van der Waals surface area (Å²) in [5.41, 5.74) is 0.535. The molecule has 14 heavy (non-hydrogen) atoms. The molecule has 2 N–H and O–H groups in total. The Kier molecular flexibility index (Phi) is 2.26. The van der Waals surface area contributed by atoms with Crippen LogP contribution in [0.1, 0.15) is 5.69 Å². The van der Waals surface area contributed by atoms with E-state index in [1.807, 2.05) is 24.3 Å². The van der Waals surface area contributed by atoms with E-state index in [0.717, 1.165) is 10.1 Å². The van der Waals surface area contributed by atoms with E-state index in [-0.39, 0.29) is 5.75 Å². The van der Waals surface area contributed by atoms with Gasteiger partial charge in [-0.1, -0.05) is 18.2 Å². The molecule has 0 amide bonds. The summed E-state index contributed by atoms with van der Waals surface area (Å²) >= 11 is 1.28. The summed E-state index contributed by atoms with van der Waals surface area (Å²) in [6.07, 6.45) is 0. The van der Waals surface area contributed by atoms with Crippen molar-refractivity contribution < 1.29 is 8.42 Å². The van der Waals surface area contributed by atoms with Crippen molar-refractivity contribution in [1.82, 2.24) is 4.37 Å². The standard InChI is InChI=1S/C8H8N2O2S2/c9-14(11,12)5-7-6-3-1-2-4-8(6)13-10-7/h1-4H,5H2,(H2,9,11,12). The minimum absolute atomic E-state index is 0.197. The van der Waals surface area contributed by atoms with Gasteiger partial charge in [-0.25, -0.2) is 13.6 Å². The second kappa shape index (κ2) is 3.30. The number of rotatable bonds is 2. The van der Waals surface area contributed by atoms with Gasteiger partial charge in [0.1, 0.15) is 5.75 Å². The highest BCUT2D eigenvalue weighted by atomic mass is 32.2. The van der Waals surface area contributed by atoms with Crippen molar-refractivity contribution in [1.29, 1.82) is 0 Å². The van der Waals surface area contributed by atoms with Crippen LogP contribution in [0.4, 0.5) is 0 Å². The van der Waals surface area contributed by atoms with Crippen molar-refractivity contribution in [2.75, 3.05) is 0 Å². The van der Waals surface area contributed by atoms with Gasteiger partial charge in [0.2, 0.25) is 10.0 Å². The lowest BCUT2D eigenvalue weighted by molar-refractivity contribution is 0.597. The Bertz CT molecular complexity index is 559. The summed E-state index contributed by atoms with van der Waals surface area (Å²) in [5, 5.41) is 5.82. The smallest absolute Gasteiger partial charge is 0.214 e. The van der Waals surface area contributed by atoms with E-state index in [0.29, 0.717) is 5.69 Å². The normalized spacial score (nSPS) is 12.1. The van der Waals surface area contributed by atoms with Gasteiger partial charge in [-0.3, -0.25) is 0 Å². The third kappa shape index (κ3) is 1.92. The SMILES string of the molecule is NS(=O)(=O)Cc1nsc2ccccc12. The predicted octanol–water partition coefficient (Wildman–Crippen LogP) is 1.08. The predicted molar refractivity (Wildman–Crippen MR) is 56.4 cm³/mol. The molecule has 1 aromatic carbocycles. The number of fused-ring (bicyclic) bond motifs is 1. The third-order valence-electron chi connectivity index (χ3n) is 1.79. The van der Waals surface area contributed by atoms with Gasteiger partial charge in [0.25, 0.3) is 0 Å². The van der Waals surface area contributed by atoms with Crippen LogP contribution in [0.3, 0.4) is 0 Å². The fourth-order valence-corrected chi connectivity index (χ4v) is 2.71. The first-order chi connectivity index (χ1) is 6.56. The van der Waals surface area contributed by atoms with Crippen LogP contribution < -0.4 is 5.14 Å². The molecular formula is C8H8N2O2S2. The number of hydrogen-bond donors (Lipinski definition) is 1. The lowest BCUT2D eigenvalue weighted by Crippen LogP contribution is -2.14. The number of hydrogen-bond acceptors (Lipinski definition) is 4. The molecule has 0 saturated heterocycles. The number of nitrogens with zero attached hydrogens (tertiary/aromatic N) is 1. The van der Waals surface area contributed by atoms with Crippen LogP contribution >= 0.6 is 11.5 Å². The van der Waals surface area contributed by atoms with Gasteiger partial charge in [-0.15, -0.1) is 0 Å². The van der Waals surface area contributed by atoms with Crippen LogP contribution in [0.15, 0.2) is 24.3 Å². The number of aromatic nitrogens is 1. The molecule has 0 radical (unpaired) electrons. The van der Waals surface area contributed by atoms with Gasteiger partial charge in [0.05, 0.1) is 10.4 Å². The number of sulfonamides is 1. The maximum atomic E-state index is 10.9. The Balaban J connectivity index is 2.54. The molecule has 0 atom stereocenters. The Morgan fingerprint density at radius 3 is 2.79 bits per heavy atom. The van der Waals surface area contributed by atoms with Crippen LogP contribution in [-0.4, -0.2) is 12.8 Å².